The van der Waals surface area contributed by atoms with Crippen molar-refractivity contribution in [3.05, 3.63) is 34.7 Å². The van der Waals surface area contributed by atoms with Gasteiger partial charge >= 0.3 is 0 Å². The Labute approximate surface area is 144 Å². The highest BCUT2D eigenvalue weighted by Crippen LogP contribution is 2.25. The van der Waals surface area contributed by atoms with E-state index in [4.69, 9.17) is 11.6 Å². The lowest BCUT2D eigenvalue weighted by atomic mass is 10.2. The summed E-state index contributed by atoms with van der Waals surface area (Å²) in [6, 6.07) is 2.29. The first-order chi connectivity index (χ1) is 11.6. The lowest BCUT2D eigenvalue weighted by Crippen LogP contribution is -2.42. The number of H-pyrrole nitrogens is 1. The van der Waals surface area contributed by atoms with Crippen molar-refractivity contribution in [3.8, 4) is 0 Å². The molecule has 4 rings (SSSR count). The molecule has 0 radical (unpaired) electrons. The second-order valence-corrected chi connectivity index (χ2v) is 6.70. The number of nitrogens with zero attached hydrogens (tertiary/aromatic N) is 3. The third-order valence-electron chi connectivity index (χ3n) is 4.71. The van der Waals surface area contributed by atoms with Gasteiger partial charge in [0.25, 0.3) is 5.91 Å². The standard InChI is InChI=1S/C17H18ClN5O/c1-23(12-4-2-3-5-12)17-21-14(16(24)22-17)6-10-8-19-15-13(10)7-11(18)9-20-15/h6-9,12H,2-5H2,1H3,(H,19,20)(H,21,22,24)/b14-6-. The maximum atomic E-state index is 12.3. The van der Waals surface area contributed by atoms with Crippen molar-refractivity contribution >= 4 is 40.6 Å². The van der Waals surface area contributed by atoms with E-state index >= 15 is 0 Å². The first kappa shape index (κ1) is 15.2. The summed E-state index contributed by atoms with van der Waals surface area (Å²) in [5, 5.41) is 4.30. The molecular formula is C17H18ClN5O. The van der Waals surface area contributed by atoms with Crippen LogP contribution >= 0.6 is 11.6 Å². The number of carbonyl (C=O) groups is 1. The van der Waals surface area contributed by atoms with Crippen molar-refractivity contribution in [3.63, 3.8) is 0 Å². The van der Waals surface area contributed by atoms with Crippen LogP contribution in [0.5, 0.6) is 0 Å². The number of fused-ring (bicyclic) bond motifs is 1. The average Bonchev–Trinajstić information content (AvgIpc) is 3.29. The summed E-state index contributed by atoms with van der Waals surface area (Å²) in [7, 11) is 1.99. The molecule has 124 valence electrons. The van der Waals surface area contributed by atoms with E-state index in [0.717, 1.165) is 29.4 Å². The fourth-order valence-electron chi connectivity index (χ4n) is 3.35. The SMILES string of the molecule is CN(C1=N/C(=C\c2c[nH]c3ncc(Cl)cc23)C(=O)N1)C1CCCC1. The summed E-state index contributed by atoms with van der Waals surface area (Å²) < 4.78 is 0. The molecule has 3 heterocycles. The molecule has 0 unspecified atom stereocenters. The summed E-state index contributed by atoms with van der Waals surface area (Å²) in [5.41, 5.74) is 1.98. The molecule has 0 bridgehead atoms. The molecule has 2 aromatic rings. The fraction of sp³-hybridized carbons (Fsp3) is 0.353. The van der Waals surface area contributed by atoms with Gasteiger partial charge < -0.3 is 9.88 Å². The molecule has 2 N–H and O–H groups in total. The molecule has 1 amide bonds. The normalized spacial score (nSPS) is 20.0. The molecule has 24 heavy (non-hydrogen) atoms. The predicted octanol–water partition coefficient (Wildman–Crippen LogP) is 2.92. The number of nitrogens with one attached hydrogen (secondary N) is 2. The number of halogens is 1. The Kier molecular flexibility index (Phi) is 3.76. The molecule has 1 fully saturated rings. The van der Waals surface area contributed by atoms with E-state index in [2.05, 4.69) is 25.2 Å². The number of aromatic amines is 1. The topological polar surface area (TPSA) is 73.4 Å². The molecule has 1 aliphatic carbocycles. The summed E-state index contributed by atoms with van der Waals surface area (Å²) >= 11 is 6.02. The van der Waals surface area contributed by atoms with Gasteiger partial charge in [0.05, 0.1) is 5.02 Å². The van der Waals surface area contributed by atoms with Crippen LogP contribution < -0.4 is 5.32 Å². The van der Waals surface area contributed by atoms with Crippen molar-refractivity contribution in [2.24, 2.45) is 4.99 Å². The van der Waals surface area contributed by atoms with E-state index in [9.17, 15) is 4.79 Å². The molecule has 1 aliphatic heterocycles. The second kappa shape index (κ2) is 5.94. The minimum atomic E-state index is -0.181. The number of aromatic nitrogens is 2. The van der Waals surface area contributed by atoms with Crippen LogP contribution in [-0.2, 0) is 4.79 Å². The molecule has 1 saturated carbocycles. The zero-order valence-electron chi connectivity index (χ0n) is 13.3. The van der Waals surface area contributed by atoms with E-state index in [0.29, 0.717) is 22.7 Å². The van der Waals surface area contributed by atoms with Crippen molar-refractivity contribution in [2.75, 3.05) is 7.05 Å². The Morgan fingerprint density at radius 3 is 2.96 bits per heavy atom. The number of rotatable bonds is 2. The highest BCUT2D eigenvalue weighted by atomic mass is 35.5. The van der Waals surface area contributed by atoms with Crippen molar-refractivity contribution in [1.82, 2.24) is 20.2 Å². The van der Waals surface area contributed by atoms with Gasteiger partial charge in [0.15, 0.2) is 0 Å². The largest absolute Gasteiger partial charge is 0.346 e. The zero-order valence-corrected chi connectivity index (χ0v) is 14.1. The molecule has 0 atom stereocenters. The summed E-state index contributed by atoms with van der Waals surface area (Å²) in [5.74, 6) is 0.452. The molecule has 6 nitrogen and oxygen atoms in total. The van der Waals surface area contributed by atoms with Crippen LogP contribution in [0.1, 0.15) is 31.2 Å². The van der Waals surface area contributed by atoms with Gasteiger partial charge in [-0.05, 0) is 25.0 Å². The number of pyridine rings is 1. The monoisotopic (exact) mass is 343 g/mol. The number of carbonyl (C=O) groups excluding carboxylic acids is 1. The Hall–Kier alpha value is -2.34. The van der Waals surface area contributed by atoms with Crippen LogP contribution in [0.3, 0.4) is 0 Å². The van der Waals surface area contributed by atoms with Gasteiger partial charge in [0, 0.05) is 36.4 Å². The first-order valence-electron chi connectivity index (χ1n) is 8.09. The molecule has 0 saturated heterocycles. The predicted molar refractivity (Wildman–Crippen MR) is 94.7 cm³/mol. The fourth-order valence-corrected chi connectivity index (χ4v) is 3.51. The highest BCUT2D eigenvalue weighted by molar-refractivity contribution is 6.31. The minimum absolute atomic E-state index is 0.181. The number of hydrogen-bond acceptors (Lipinski definition) is 4. The van der Waals surface area contributed by atoms with Crippen molar-refractivity contribution < 1.29 is 4.79 Å². The smallest absolute Gasteiger partial charge is 0.276 e. The summed E-state index contributed by atoms with van der Waals surface area (Å²) in [4.78, 5) is 26.1. The summed E-state index contributed by atoms with van der Waals surface area (Å²) in [6.45, 7) is 0. The molecule has 7 heteroatoms. The molecule has 2 aromatic heterocycles. The molecular weight excluding hydrogens is 326 g/mol. The Bertz CT molecular complexity index is 863. The van der Waals surface area contributed by atoms with Crippen molar-refractivity contribution in [2.45, 2.75) is 31.7 Å². The maximum absolute atomic E-state index is 12.3. The van der Waals surface area contributed by atoms with Gasteiger partial charge in [-0.1, -0.05) is 24.4 Å². The van der Waals surface area contributed by atoms with E-state index in [-0.39, 0.29) is 5.91 Å². The van der Waals surface area contributed by atoms with E-state index in [1.165, 1.54) is 12.8 Å². The number of amides is 1. The van der Waals surface area contributed by atoms with Crippen LogP contribution in [0, 0.1) is 0 Å². The van der Waals surface area contributed by atoms with Crippen LogP contribution in [0.25, 0.3) is 17.1 Å². The van der Waals surface area contributed by atoms with E-state index in [1.807, 2.05) is 19.3 Å². The van der Waals surface area contributed by atoms with Crippen LogP contribution in [0.4, 0.5) is 0 Å². The molecule has 0 spiro atoms. The summed E-state index contributed by atoms with van der Waals surface area (Å²) in [6.07, 6.45) is 9.94. The zero-order chi connectivity index (χ0) is 16.7. The number of guanidine groups is 1. The van der Waals surface area contributed by atoms with Crippen LogP contribution in [0.15, 0.2) is 29.1 Å². The van der Waals surface area contributed by atoms with Gasteiger partial charge in [0.1, 0.15) is 11.3 Å². The van der Waals surface area contributed by atoms with Gasteiger partial charge in [0.2, 0.25) is 5.96 Å². The number of hydrogen-bond donors (Lipinski definition) is 2. The third kappa shape index (κ3) is 2.67. The average molecular weight is 344 g/mol. The van der Waals surface area contributed by atoms with Gasteiger partial charge in [-0.2, -0.15) is 0 Å². The third-order valence-corrected chi connectivity index (χ3v) is 4.92. The quantitative estimate of drug-likeness (QED) is 0.823. The maximum Gasteiger partial charge on any atom is 0.276 e. The highest BCUT2D eigenvalue weighted by Gasteiger charge is 2.28. The van der Waals surface area contributed by atoms with Gasteiger partial charge in [-0.15, -0.1) is 0 Å². The Morgan fingerprint density at radius 1 is 1.38 bits per heavy atom. The van der Waals surface area contributed by atoms with Crippen molar-refractivity contribution in [1.29, 1.82) is 0 Å². The van der Waals surface area contributed by atoms with Crippen LogP contribution in [-0.4, -0.2) is 39.8 Å². The van der Waals surface area contributed by atoms with Crippen LogP contribution in [0.2, 0.25) is 5.02 Å². The van der Waals surface area contributed by atoms with E-state index in [1.54, 1.807) is 12.3 Å². The first-order valence-corrected chi connectivity index (χ1v) is 8.47. The minimum Gasteiger partial charge on any atom is -0.346 e. The number of aliphatic imine (C=N–C) groups is 1. The molecule has 0 aromatic carbocycles. The Balaban J connectivity index is 1.65. The van der Waals surface area contributed by atoms with Gasteiger partial charge in [-0.25, -0.2) is 9.98 Å². The van der Waals surface area contributed by atoms with E-state index < -0.39 is 0 Å². The molecule has 2 aliphatic rings. The van der Waals surface area contributed by atoms with Gasteiger partial charge in [-0.3, -0.25) is 10.1 Å². The lowest BCUT2D eigenvalue weighted by Gasteiger charge is -2.25. The second-order valence-electron chi connectivity index (χ2n) is 6.26. The lowest BCUT2D eigenvalue weighted by molar-refractivity contribution is -0.115. The Morgan fingerprint density at radius 2 is 2.17 bits per heavy atom.